The van der Waals surface area contributed by atoms with Gasteiger partial charge in [0.25, 0.3) is 0 Å². The Morgan fingerprint density at radius 2 is 2.03 bits per heavy atom. The van der Waals surface area contributed by atoms with Gasteiger partial charge in [0.15, 0.2) is 11.4 Å². The Morgan fingerprint density at radius 3 is 2.77 bits per heavy atom. The fourth-order valence-corrected chi connectivity index (χ4v) is 4.53. The summed E-state index contributed by atoms with van der Waals surface area (Å²) in [6.07, 6.45) is 8.28. The van der Waals surface area contributed by atoms with Crippen LogP contribution in [0.1, 0.15) is 46.6 Å². The molecule has 0 fully saturated rings. The number of benzene rings is 1. The fourth-order valence-electron chi connectivity index (χ4n) is 4.53. The SMILES string of the molecule is CCCC(C)(C(=O)O)n1cc(-c2ccc3c(c2)OCCn2cc(-c4ncnn4C(C)C)nc2-3)cn1. The van der Waals surface area contributed by atoms with Gasteiger partial charge in [0, 0.05) is 24.0 Å². The van der Waals surface area contributed by atoms with Crippen molar-refractivity contribution in [1.82, 2.24) is 34.1 Å². The highest BCUT2D eigenvalue weighted by molar-refractivity contribution is 5.77. The summed E-state index contributed by atoms with van der Waals surface area (Å²) in [5.74, 6) is 1.39. The third-order valence-corrected chi connectivity index (χ3v) is 6.50. The lowest BCUT2D eigenvalue weighted by molar-refractivity contribution is -0.147. The second-order valence-electron chi connectivity index (χ2n) is 9.33. The van der Waals surface area contributed by atoms with Gasteiger partial charge in [0.05, 0.1) is 18.3 Å². The molecule has 0 aliphatic carbocycles. The van der Waals surface area contributed by atoms with Crippen molar-refractivity contribution in [3.8, 4) is 39.8 Å². The van der Waals surface area contributed by atoms with E-state index in [0.29, 0.717) is 19.6 Å². The molecule has 10 heteroatoms. The van der Waals surface area contributed by atoms with Crippen LogP contribution in [0.4, 0.5) is 0 Å². The number of carbonyl (C=O) groups is 1. The molecule has 0 bridgehead atoms. The molecule has 1 aromatic carbocycles. The minimum atomic E-state index is -1.09. The van der Waals surface area contributed by atoms with Crippen molar-refractivity contribution in [1.29, 1.82) is 0 Å². The summed E-state index contributed by atoms with van der Waals surface area (Å²) in [5.41, 5.74) is 2.31. The number of carboxylic acids is 1. The predicted octanol–water partition coefficient (Wildman–Crippen LogP) is 4.25. The number of hydrogen-bond acceptors (Lipinski definition) is 6. The average molecular weight is 476 g/mol. The first-order valence-electron chi connectivity index (χ1n) is 11.8. The van der Waals surface area contributed by atoms with Gasteiger partial charge < -0.3 is 14.4 Å². The monoisotopic (exact) mass is 475 g/mol. The summed E-state index contributed by atoms with van der Waals surface area (Å²) in [6.45, 7) is 8.96. The van der Waals surface area contributed by atoms with Crippen LogP contribution in [-0.2, 0) is 16.9 Å². The highest BCUT2D eigenvalue weighted by atomic mass is 16.5. The topological polar surface area (TPSA) is 113 Å². The summed E-state index contributed by atoms with van der Waals surface area (Å²) in [4.78, 5) is 21.3. The van der Waals surface area contributed by atoms with Crippen molar-refractivity contribution in [2.45, 2.75) is 58.7 Å². The number of carboxylic acid groups (broad SMARTS) is 1. The van der Waals surface area contributed by atoms with E-state index in [1.807, 2.05) is 36.0 Å². The largest absolute Gasteiger partial charge is 0.491 e. The molecule has 1 unspecified atom stereocenters. The van der Waals surface area contributed by atoms with Crippen LogP contribution in [0.3, 0.4) is 0 Å². The molecule has 4 heterocycles. The third kappa shape index (κ3) is 3.88. The molecule has 10 nitrogen and oxygen atoms in total. The zero-order chi connectivity index (χ0) is 24.7. The first-order valence-corrected chi connectivity index (χ1v) is 11.8. The van der Waals surface area contributed by atoms with Crippen LogP contribution in [0.2, 0.25) is 0 Å². The smallest absolute Gasteiger partial charge is 0.331 e. The molecule has 1 N–H and O–H groups in total. The first-order chi connectivity index (χ1) is 16.8. The Bertz CT molecular complexity index is 1380. The highest BCUT2D eigenvalue weighted by Gasteiger charge is 2.35. The third-order valence-electron chi connectivity index (χ3n) is 6.50. The minimum absolute atomic E-state index is 0.174. The second kappa shape index (κ2) is 8.68. The Hall–Kier alpha value is -3.95. The van der Waals surface area contributed by atoms with Gasteiger partial charge >= 0.3 is 5.97 Å². The highest BCUT2D eigenvalue weighted by Crippen LogP contribution is 2.37. The number of fused-ring (bicyclic) bond motifs is 3. The zero-order valence-electron chi connectivity index (χ0n) is 20.3. The molecule has 182 valence electrons. The molecule has 5 rings (SSSR count). The van der Waals surface area contributed by atoms with Gasteiger partial charge in [-0.2, -0.15) is 10.2 Å². The normalized spacial score (nSPS) is 14.7. The standard InChI is InChI=1S/C25H29N7O3/c1-5-8-25(4,24(33)34)31-13-18(12-27-31)17-6-7-19-21(11-17)35-10-9-30-14-20(29-22(19)30)23-26-15-28-32(23)16(2)3/h6-7,11-16H,5,8-10H2,1-4H3,(H,33,34). The van der Waals surface area contributed by atoms with Gasteiger partial charge in [-0.3, -0.25) is 4.68 Å². The van der Waals surface area contributed by atoms with Crippen molar-refractivity contribution >= 4 is 5.97 Å². The van der Waals surface area contributed by atoms with Crippen molar-refractivity contribution in [3.05, 3.63) is 43.1 Å². The van der Waals surface area contributed by atoms with E-state index in [4.69, 9.17) is 9.72 Å². The summed E-state index contributed by atoms with van der Waals surface area (Å²) < 4.78 is 11.6. The molecule has 0 saturated carbocycles. The number of ether oxygens (including phenoxy) is 1. The molecule has 0 amide bonds. The van der Waals surface area contributed by atoms with Gasteiger partial charge in [0.2, 0.25) is 0 Å². The maximum absolute atomic E-state index is 11.9. The van der Waals surface area contributed by atoms with E-state index in [2.05, 4.69) is 33.6 Å². The quantitative estimate of drug-likeness (QED) is 0.425. The van der Waals surface area contributed by atoms with E-state index < -0.39 is 11.5 Å². The molecular formula is C25H29N7O3. The minimum Gasteiger partial charge on any atom is -0.491 e. The molecule has 35 heavy (non-hydrogen) atoms. The van der Waals surface area contributed by atoms with E-state index in [1.54, 1.807) is 30.3 Å². The molecule has 1 aliphatic rings. The number of nitrogens with zero attached hydrogens (tertiary/aromatic N) is 7. The number of rotatable bonds is 7. The van der Waals surface area contributed by atoms with E-state index in [-0.39, 0.29) is 6.04 Å². The summed E-state index contributed by atoms with van der Waals surface area (Å²) >= 11 is 0. The summed E-state index contributed by atoms with van der Waals surface area (Å²) in [6, 6.07) is 6.12. The second-order valence-corrected chi connectivity index (χ2v) is 9.33. The lowest BCUT2D eigenvalue weighted by atomic mass is 9.96. The van der Waals surface area contributed by atoms with Crippen LogP contribution in [0.5, 0.6) is 5.75 Å². The van der Waals surface area contributed by atoms with Crippen molar-refractivity contribution in [2.75, 3.05) is 6.61 Å². The van der Waals surface area contributed by atoms with E-state index in [0.717, 1.165) is 46.2 Å². The van der Waals surface area contributed by atoms with Crippen LogP contribution < -0.4 is 4.74 Å². The van der Waals surface area contributed by atoms with Crippen molar-refractivity contribution in [3.63, 3.8) is 0 Å². The number of aromatic nitrogens is 7. The molecule has 0 spiro atoms. The van der Waals surface area contributed by atoms with Gasteiger partial charge in [-0.1, -0.05) is 19.4 Å². The summed E-state index contributed by atoms with van der Waals surface area (Å²) in [5, 5.41) is 18.5. The van der Waals surface area contributed by atoms with Crippen LogP contribution >= 0.6 is 0 Å². The van der Waals surface area contributed by atoms with Gasteiger partial charge in [-0.25, -0.2) is 19.4 Å². The van der Waals surface area contributed by atoms with Crippen molar-refractivity contribution < 1.29 is 14.6 Å². The van der Waals surface area contributed by atoms with Crippen LogP contribution in [0.15, 0.2) is 43.1 Å². The van der Waals surface area contributed by atoms with Crippen LogP contribution in [0, 0.1) is 0 Å². The fraction of sp³-hybridized carbons (Fsp3) is 0.400. The molecule has 1 atom stereocenters. The number of imidazole rings is 1. The number of hydrogen-bond donors (Lipinski definition) is 1. The first kappa shape index (κ1) is 22.8. The van der Waals surface area contributed by atoms with Crippen LogP contribution in [-0.4, -0.2) is 51.8 Å². The Kier molecular flexibility index (Phi) is 5.66. The molecule has 0 radical (unpaired) electrons. The Balaban J connectivity index is 1.51. The van der Waals surface area contributed by atoms with Gasteiger partial charge in [-0.15, -0.1) is 0 Å². The molecule has 4 aromatic rings. The molecular weight excluding hydrogens is 446 g/mol. The Labute approximate surface area is 203 Å². The van der Waals surface area contributed by atoms with E-state index in [1.165, 1.54) is 0 Å². The maximum Gasteiger partial charge on any atom is 0.331 e. The molecule has 3 aromatic heterocycles. The number of aliphatic carboxylic acids is 1. The molecule has 1 aliphatic heterocycles. The lowest BCUT2D eigenvalue weighted by Gasteiger charge is -2.24. The average Bonchev–Trinajstić information content (AvgIpc) is 3.57. The molecule has 0 saturated heterocycles. The van der Waals surface area contributed by atoms with Gasteiger partial charge in [0.1, 0.15) is 30.2 Å². The van der Waals surface area contributed by atoms with E-state index in [9.17, 15) is 9.90 Å². The van der Waals surface area contributed by atoms with Crippen molar-refractivity contribution in [2.24, 2.45) is 0 Å². The summed E-state index contributed by atoms with van der Waals surface area (Å²) in [7, 11) is 0. The predicted molar refractivity (Wildman–Crippen MR) is 130 cm³/mol. The van der Waals surface area contributed by atoms with E-state index >= 15 is 0 Å². The lowest BCUT2D eigenvalue weighted by Crippen LogP contribution is -2.39. The van der Waals surface area contributed by atoms with Gasteiger partial charge in [-0.05, 0) is 44.9 Å². The maximum atomic E-state index is 11.9. The zero-order valence-corrected chi connectivity index (χ0v) is 20.3. The Morgan fingerprint density at radius 1 is 1.20 bits per heavy atom. The van der Waals surface area contributed by atoms with Crippen LogP contribution in [0.25, 0.3) is 34.0 Å².